The summed E-state index contributed by atoms with van der Waals surface area (Å²) >= 11 is 0. The molecule has 0 N–H and O–H groups in total. The van der Waals surface area contributed by atoms with Crippen molar-refractivity contribution < 1.29 is 0 Å². The lowest BCUT2D eigenvalue weighted by Gasteiger charge is -2.34. The van der Waals surface area contributed by atoms with E-state index in [1.54, 1.807) is 0 Å². The van der Waals surface area contributed by atoms with E-state index in [4.69, 9.17) is 0 Å². The molecule has 310 valence electrons. The molecule has 0 radical (unpaired) electrons. The van der Waals surface area contributed by atoms with Crippen LogP contribution < -0.4 is 4.90 Å². The third kappa shape index (κ3) is 6.73. The summed E-state index contributed by atoms with van der Waals surface area (Å²) in [6.45, 7) is 0. The molecule has 1 aliphatic carbocycles. The van der Waals surface area contributed by atoms with E-state index in [1.807, 2.05) is 0 Å². The fraction of sp³-hybridized carbons (Fsp3) is 0.0154. The van der Waals surface area contributed by atoms with Crippen molar-refractivity contribution in [3.63, 3.8) is 0 Å². The molecule has 12 rings (SSSR count). The molecule has 0 aromatic heterocycles. The molecule has 11 aromatic rings. The first-order chi connectivity index (χ1) is 32.7. The van der Waals surface area contributed by atoms with Crippen molar-refractivity contribution in [3.8, 4) is 55.6 Å². The Kier molecular flexibility index (Phi) is 9.81. The Balaban J connectivity index is 0.975. The third-order valence-corrected chi connectivity index (χ3v) is 13.5. The van der Waals surface area contributed by atoms with Crippen LogP contribution in [-0.4, -0.2) is 0 Å². The zero-order valence-corrected chi connectivity index (χ0v) is 36.4. The van der Waals surface area contributed by atoms with Gasteiger partial charge in [0.05, 0.1) is 5.41 Å². The van der Waals surface area contributed by atoms with Gasteiger partial charge in [-0.3, -0.25) is 0 Å². The van der Waals surface area contributed by atoms with Gasteiger partial charge in [0.2, 0.25) is 0 Å². The van der Waals surface area contributed by atoms with Gasteiger partial charge < -0.3 is 4.90 Å². The largest absolute Gasteiger partial charge is 0.310 e. The van der Waals surface area contributed by atoms with Crippen LogP contribution in [0.5, 0.6) is 0 Å². The molecule has 66 heavy (non-hydrogen) atoms. The molecule has 1 nitrogen and oxygen atoms in total. The molecule has 11 aromatic carbocycles. The van der Waals surface area contributed by atoms with Crippen LogP contribution in [0.4, 0.5) is 17.1 Å². The van der Waals surface area contributed by atoms with Crippen LogP contribution >= 0.6 is 0 Å². The second-order valence-corrected chi connectivity index (χ2v) is 17.2. The molecule has 0 saturated carbocycles. The first-order valence-electron chi connectivity index (χ1n) is 22.8. The van der Waals surface area contributed by atoms with E-state index < -0.39 is 5.41 Å². The number of anilines is 3. The molecule has 0 aliphatic heterocycles. The summed E-state index contributed by atoms with van der Waals surface area (Å²) in [6.07, 6.45) is 0. The molecule has 0 spiro atoms. The molecule has 0 bridgehead atoms. The van der Waals surface area contributed by atoms with Gasteiger partial charge in [0.25, 0.3) is 0 Å². The first-order valence-corrected chi connectivity index (χ1v) is 22.8. The standard InChI is InChI=1S/C65H45N/c1-4-17-46(18-5-1)51-21-14-22-52(43-51)53-23-15-28-59(45-53)66(57-39-35-48(36-40-57)54-34-33-47-19-10-11-20-50(47)44-54)58-41-37-49(38-42-58)60-30-16-32-63-64(60)61-29-12-13-31-62(61)65(63,55-24-6-2-7-25-55)56-26-8-3-9-27-56/h1-45H. The van der Waals surface area contributed by atoms with Gasteiger partial charge in [-0.15, -0.1) is 0 Å². The summed E-state index contributed by atoms with van der Waals surface area (Å²) < 4.78 is 0. The van der Waals surface area contributed by atoms with Crippen LogP contribution in [-0.2, 0) is 5.41 Å². The van der Waals surface area contributed by atoms with Crippen LogP contribution in [0.2, 0.25) is 0 Å². The highest BCUT2D eigenvalue weighted by molar-refractivity contribution is 5.96. The van der Waals surface area contributed by atoms with Crippen LogP contribution in [0.25, 0.3) is 66.4 Å². The lowest BCUT2D eigenvalue weighted by atomic mass is 9.67. The summed E-state index contributed by atoms with van der Waals surface area (Å²) in [5.41, 5.74) is 20.1. The quantitative estimate of drug-likeness (QED) is 0.140. The van der Waals surface area contributed by atoms with Crippen molar-refractivity contribution in [2.45, 2.75) is 5.41 Å². The minimum Gasteiger partial charge on any atom is -0.310 e. The minimum absolute atomic E-state index is 0.453. The number of rotatable bonds is 9. The number of hydrogen-bond donors (Lipinski definition) is 0. The topological polar surface area (TPSA) is 3.24 Å². The van der Waals surface area contributed by atoms with Crippen molar-refractivity contribution in [1.82, 2.24) is 0 Å². The predicted octanol–water partition coefficient (Wildman–Crippen LogP) is 17.3. The maximum absolute atomic E-state index is 2.39. The summed E-state index contributed by atoms with van der Waals surface area (Å²) in [4.78, 5) is 2.39. The zero-order chi connectivity index (χ0) is 43.9. The van der Waals surface area contributed by atoms with E-state index in [2.05, 4.69) is 278 Å². The zero-order valence-electron chi connectivity index (χ0n) is 36.4. The van der Waals surface area contributed by atoms with Crippen LogP contribution in [0.1, 0.15) is 22.3 Å². The highest BCUT2D eigenvalue weighted by atomic mass is 15.1. The van der Waals surface area contributed by atoms with E-state index in [1.165, 1.54) is 88.7 Å². The Bertz CT molecular complexity index is 3460. The van der Waals surface area contributed by atoms with Crippen LogP contribution in [0, 0.1) is 0 Å². The number of fused-ring (bicyclic) bond motifs is 4. The summed E-state index contributed by atoms with van der Waals surface area (Å²) in [5.74, 6) is 0. The molecular weight excluding hydrogens is 795 g/mol. The van der Waals surface area contributed by atoms with E-state index >= 15 is 0 Å². The van der Waals surface area contributed by atoms with Gasteiger partial charge >= 0.3 is 0 Å². The van der Waals surface area contributed by atoms with Gasteiger partial charge in [-0.25, -0.2) is 0 Å². The van der Waals surface area contributed by atoms with Crippen LogP contribution in [0.15, 0.2) is 273 Å². The third-order valence-electron chi connectivity index (χ3n) is 13.5. The minimum atomic E-state index is -0.453. The Morgan fingerprint density at radius 3 is 1.39 bits per heavy atom. The van der Waals surface area contributed by atoms with Crippen molar-refractivity contribution in [1.29, 1.82) is 0 Å². The Hall–Kier alpha value is -8.52. The second-order valence-electron chi connectivity index (χ2n) is 17.2. The fourth-order valence-corrected chi connectivity index (χ4v) is 10.5. The van der Waals surface area contributed by atoms with Crippen molar-refractivity contribution >= 4 is 27.8 Å². The van der Waals surface area contributed by atoms with Gasteiger partial charge in [-0.2, -0.15) is 0 Å². The van der Waals surface area contributed by atoms with Crippen molar-refractivity contribution in [3.05, 3.63) is 295 Å². The Morgan fingerprint density at radius 1 is 0.242 bits per heavy atom. The summed E-state index contributed by atoms with van der Waals surface area (Å²) in [7, 11) is 0. The predicted molar refractivity (Wildman–Crippen MR) is 278 cm³/mol. The van der Waals surface area contributed by atoms with Gasteiger partial charge in [0.1, 0.15) is 0 Å². The van der Waals surface area contributed by atoms with Gasteiger partial charge in [-0.05, 0) is 137 Å². The number of nitrogens with zero attached hydrogens (tertiary/aromatic N) is 1. The van der Waals surface area contributed by atoms with Crippen molar-refractivity contribution in [2.24, 2.45) is 0 Å². The molecule has 0 saturated heterocycles. The monoisotopic (exact) mass is 839 g/mol. The SMILES string of the molecule is c1ccc(-c2cccc(-c3cccc(N(c4ccc(-c5ccc6ccccc6c5)cc4)c4ccc(-c5cccc6c5-c5ccccc5C6(c5ccccc5)c5ccccc5)cc4)c3)c2)cc1. The normalized spacial score (nSPS) is 12.4. The number of hydrogen-bond acceptors (Lipinski definition) is 1. The average Bonchev–Trinajstić information content (AvgIpc) is 3.71. The van der Waals surface area contributed by atoms with E-state index in [0.29, 0.717) is 0 Å². The average molecular weight is 840 g/mol. The highest BCUT2D eigenvalue weighted by Crippen LogP contribution is 2.58. The molecule has 0 fully saturated rings. The molecule has 0 amide bonds. The lowest BCUT2D eigenvalue weighted by Crippen LogP contribution is -2.28. The van der Waals surface area contributed by atoms with E-state index in [-0.39, 0.29) is 0 Å². The Morgan fingerprint density at radius 2 is 0.697 bits per heavy atom. The summed E-state index contributed by atoms with van der Waals surface area (Å²) in [6, 6.07) is 99.9. The first kappa shape index (κ1) is 39.1. The molecule has 1 heteroatoms. The molecule has 0 heterocycles. The Labute approximate surface area is 387 Å². The maximum atomic E-state index is 2.39. The highest BCUT2D eigenvalue weighted by Gasteiger charge is 2.46. The molecule has 0 unspecified atom stereocenters. The van der Waals surface area contributed by atoms with Gasteiger partial charge in [0.15, 0.2) is 0 Å². The summed E-state index contributed by atoms with van der Waals surface area (Å²) in [5, 5.41) is 2.49. The second kappa shape index (κ2) is 16.6. The fourth-order valence-electron chi connectivity index (χ4n) is 10.5. The van der Waals surface area contributed by atoms with Crippen LogP contribution in [0.3, 0.4) is 0 Å². The smallest absolute Gasteiger partial charge is 0.0713 e. The molecule has 0 atom stereocenters. The lowest BCUT2D eigenvalue weighted by molar-refractivity contribution is 0.768. The van der Waals surface area contributed by atoms with Crippen molar-refractivity contribution in [2.75, 3.05) is 4.90 Å². The molecule has 1 aliphatic rings. The maximum Gasteiger partial charge on any atom is 0.0713 e. The number of benzene rings is 11. The van der Waals surface area contributed by atoms with E-state index in [9.17, 15) is 0 Å². The van der Waals surface area contributed by atoms with Gasteiger partial charge in [-0.1, -0.05) is 224 Å². The van der Waals surface area contributed by atoms with Gasteiger partial charge in [0, 0.05) is 17.1 Å². The van der Waals surface area contributed by atoms with E-state index in [0.717, 1.165) is 17.1 Å². The molecular formula is C65H45N.